The van der Waals surface area contributed by atoms with Crippen LogP contribution < -0.4 is 21.3 Å². The van der Waals surface area contributed by atoms with E-state index in [1.165, 1.54) is 12.1 Å². The second kappa shape index (κ2) is 13.1. The number of likely N-dealkylation sites (N-methyl/N-ethyl adjacent to an activating group) is 1. The molecule has 0 radical (unpaired) electrons. The first-order chi connectivity index (χ1) is 16.8. The highest BCUT2D eigenvalue weighted by Crippen LogP contribution is 2.29. The molecule has 35 heavy (non-hydrogen) atoms. The Morgan fingerprint density at radius 1 is 1.09 bits per heavy atom. The van der Waals surface area contributed by atoms with Gasteiger partial charge in [-0.2, -0.15) is 13.2 Å². The van der Waals surface area contributed by atoms with E-state index < -0.39 is 11.7 Å². The fourth-order valence-corrected chi connectivity index (χ4v) is 3.66. The molecule has 1 unspecified atom stereocenters. The van der Waals surface area contributed by atoms with Crippen molar-refractivity contribution in [1.29, 1.82) is 0 Å². The minimum Gasteiger partial charge on any atom is -0.354 e. The van der Waals surface area contributed by atoms with Crippen LogP contribution >= 0.6 is 0 Å². The van der Waals surface area contributed by atoms with Gasteiger partial charge in [0.05, 0.1) is 18.2 Å². The van der Waals surface area contributed by atoms with Crippen LogP contribution in [0.25, 0.3) is 0 Å². The van der Waals surface area contributed by atoms with E-state index in [2.05, 4.69) is 26.3 Å². The van der Waals surface area contributed by atoms with E-state index in [0.717, 1.165) is 24.7 Å². The van der Waals surface area contributed by atoms with E-state index in [9.17, 15) is 18.0 Å². The number of carbonyl (C=O) groups excluding carboxylic acids is 1. The third-order valence-corrected chi connectivity index (χ3v) is 5.75. The molecule has 2 aromatic carbocycles. The lowest BCUT2D eigenvalue weighted by molar-refractivity contribution is -0.137. The maximum atomic E-state index is 12.8. The van der Waals surface area contributed by atoms with Crippen LogP contribution in [-0.4, -0.2) is 62.6 Å². The Morgan fingerprint density at radius 3 is 2.57 bits per heavy atom. The third kappa shape index (κ3) is 8.88. The number of hydrogen-bond acceptors (Lipinski definition) is 6. The molecule has 2 aromatic rings. The number of hydrogen-bond donors (Lipinski definition) is 4. The number of para-hydroxylation sites is 1. The van der Waals surface area contributed by atoms with Crippen LogP contribution in [0.4, 0.5) is 18.9 Å². The predicted molar refractivity (Wildman–Crippen MR) is 132 cm³/mol. The van der Waals surface area contributed by atoms with E-state index in [1.54, 1.807) is 18.0 Å². The lowest BCUT2D eigenvalue weighted by Gasteiger charge is -2.31. The summed E-state index contributed by atoms with van der Waals surface area (Å²) in [4.78, 5) is 18.8. The lowest BCUT2D eigenvalue weighted by atomic mass is 10.1. The van der Waals surface area contributed by atoms with Crippen molar-refractivity contribution >= 4 is 17.6 Å². The average Bonchev–Trinajstić information content (AvgIpc) is 2.86. The summed E-state index contributed by atoms with van der Waals surface area (Å²) < 4.78 is 38.3. The van der Waals surface area contributed by atoms with Crippen LogP contribution in [0.2, 0.25) is 0 Å². The molecule has 1 atom stereocenters. The highest BCUT2D eigenvalue weighted by molar-refractivity contribution is 5.94. The second-order valence-corrected chi connectivity index (χ2v) is 8.45. The van der Waals surface area contributed by atoms with E-state index in [0.29, 0.717) is 50.7 Å². The first-order valence-electron chi connectivity index (χ1n) is 11.8. The van der Waals surface area contributed by atoms with Crippen molar-refractivity contribution in [1.82, 2.24) is 20.9 Å². The van der Waals surface area contributed by atoms with Crippen molar-refractivity contribution in [2.75, 3.05) is 45.1 Å². The molecule has 0 bridgehead atoms. The zero-order chi connectivity index (χ0) is 25.1. The van der Waals surface area contributed by atoms with Crippen molar-refractivity contribution in [3.63, 3.8) is 0 Å². The first-order valence-corrected chi connectivity index (χ1v) is 11.8. The van der Waals surface area contributed by atoms with Gasteiger partial charge in [0.2, 0.25) is 5.91 Å². The summed E-state index contributed by atoms with van der Waals surface area (Å²) in [5.41, 5.74) is 0.928. The van der Waals surface area contributed by atoms with Crippen LogP contribution in [-0.2, 0) is 17.5 Å². The van der Waals surface area contributed by atoms with Gasteiger partial charge in [0.1, 0.15) is 0 Å². The first kappa shape index (κ1) is 26.5. The number of halogens is 3. The highest BCUT2D eigenvalue weighted by atomic mass is 19.4. The van der Waals surface area contributed by atoms with Crippen molar-refractivity contribution in [2.24, 2.45) is 4.99 Å². The molecule has 1 heterocycles. The second-order valence-electron chi connectivity index (χ2n) is 8.45. The molecule has 10 heteroatoms. The molecule has 4 N–H and O–H groups in total. The molecule has 0 saturated carbocycles. The Balaban J connectivity index is 1.25. The number of alkyl halides is 3. The number of benzene rings is 2. The van der Waals surface area contributed by atoms with Crippen molar-refractivity contribution in [3.8, 4) is 0 Å². The van der Waals surface area contributed by atoms with Gasteiger partial charge in [0, 0.05) is 38.8 Å². The maximum Gasteiger partial charge on any atom is 0.416 e. The minimum absolute atomic E-state index is 0.00358. The molecule has 0 fully saturated rings. The largest absolute Gasteiger partial charge is 0.416 e. The maximum absolute atomic E-state index is 12.8. The SMILES string of the molecule is CN(C(=O)CCNCCCNCc1cccc(C(F)(F)F)c1)C1CN=C(Nc2ccccc2)NC1. The fraction of sp³-hybridized carbons (Fsp3) is 0.440. The van der Waals surface area contributed by atoms with Gasteiger partial charge in [0.25, 0.3) is 0 Å². The van der Waals surface area contributed by atoms with Crippen LogP contribution in [0.3, 0.4) is 0 Å². The molecule has 3 rings (SSSR count). The van der Waals surface area contributed by atoms with Gasteiger partial charge in [-0.05, 0) is 43.3 Å². The minimum atomic E-state index is -4.32. The summed E-state index contributed by atoms with van der Waals surface area (Å²) in [6.07, 6.45) is -3.13. The molecule has 0 aromatic heterocycles. The number of anilines is 1. The van der Waals surface area contributed by atoms with Gasteiger partial charge >= 0.3 is 6.18 Å². The zero-order valence-electron chi connectivity index (χ0n) is 19.9. The summed E-state index contributed by atoms with van der Waals surface area (Å²) >= 11 is 0. The summed E-state index contributed by atoms with van der Waals surface area (Å²) in [5.74, 6) is 0.762. The monoisotopic (exact) mass is 490 g/mol. The van der Waals surface area contributed by atoms with Gasteiger partial charge in [-0.25, -0.2) is 0 Å². The summed E-state index contributed by atoms with van der Waals surface area (Å²) in [5, 5.41) is 12.9. The smallest absolute Gasteiger partial charge is 0.354 e. The van der Waals surface area contributed by atoms with Crippen molar-refractivity contribution < 1.29 is 18.0 Å². The summed E-state index contributed by atoms with van der Waals surface area (Å²) in [6, 6.07) is 15.1. The van der Waals surface area contributed by atoms with E-state index in [1.807, 2.05) is 30.3 Å². The molecule has 190 valence electrons. The predicted octanol–water partition coefficient (Wildman–Crippen LogP) is 3.06. The third-order valence-electron chi connectivity index (χ3n) is 5.75. The van der Waals surface area contributed by atoms with E-state index in [-0.39, 0.29) is 11.9 Å². The molecule has 0 aliphatic carbocycles. The molecular formula is C25H33F3N6O. The van der Waals surface area contributed by atoms with Crippen LogP contribution in [0.15, 0.2) is 59.6 Å². The van der Waals surface area contributed by atoms with E-state index >= 15 is 0 Å². The lowest BCUT2D eigenvalue weighted by Crippen LogP contribution is -2.51. The number of carbonyl (C=O) groups is 1. The zero-order valence-corrected chi connectivity index (χ0v) is 19.9. The Kier molecular flexibility index (Phi) is 9.92. The average molecular weight is 491 g/mol. The number of rotatable bonds is 11. The molecular weight excluding hydrogens is 457 g/mol. The molecule has 0 saturated heterocycles. The van der Waals surface area contributed by atoms with Crippen LogP contribution in [0, 0.1) is 0 Å². The van der Waals surface area contributed by atoms with Crippen LogP contribution in [0.1, 0.15) is 24.0 Å². The number of nitrogens with one attached hydrogen (secondary N) is 4. The topological polar surface area (TPSA) is 80.8 Å². The Bertz CT molecular complexity index is 967. The summed E-state index contributed by atoms with van der Waals surface area (Å²) in [6.45, 7) is 3.51. The Morgan fingerprint density at radius 2 is 1.86 bits per heavy atom. The Hall–Kier alpha value is -3.11. The molecule has 1 amide bonds. The number of nitrogens with zero attached hydrogens (tertiary/aromatic N) is 2. The Labute approximate surface area is 204 Å². The van der Waals surface area contributed by atoms with Gasteiger partial charge in [-0.3, -0.25) is 9.79 Å². The van der Waals surface area contributed by atoms with Gasteiger partial charge < -0.3 is 26.2 Å². The fourth-order valence-electron chi connectivity index (χ4n) is 3.66. The molecule has 1 aliphatic rings. The molecule has 0 spiro atoms. The van der Waals surface area contributed by atoms with Crippen molar-refractivity contribution in [2.45, 2.75) is 31.6 Å². The number of amides is 1. The number of guanidine groups is 1. The van der Waals surface area contributed by atoms with Crippen molar-refractivity contribution in [3.05, 3.63) is 65.7 Å². The van der Waals surface area contributed by atoms with Gasteiger partial charge in [0.15, 0.2) is 5.96 Å². The number of aliphatic imine (C=N–C) groups is 1. The molecule has 7 nitrogen and oxygen atoms in total. The van der Waals surface area contributed by atoms with Gasteiger partial charge in [-0.15, -0.1) is 0 Å². The summed E-state index contributed by atoms with van der Waals surface area (Å²) in [7, 11) is 1.80. The highest BCUT2D eigenvalue weighted by Gasteiger charge is 2.30. The van der Waals surface area contributed by atoms with Crippen LogP contribution in [0.5, 0.6) is 0 Å². The standard InChI is InChI=1S/C25H33F3N6O/c1-34(22-17-31-24(32-18-22)33-21-9-3-2-4-10-21)23(35)11-14-29-12-6-13-30-16-19-7-5-8-20(15-19)25(26,27)28/h2-5,7-10,15,22,29-30H,6,11-14,16-18H2,1H3,(H2,31,32,33). The quantitative estimate of drug-likeness (QED) is 0.364. The molecule has 1 aliphatic heterocycles. The van der Waals surface area contributed by atoms with E-state index in [4.69, 9.17) is 0 Å². The normalized spacial score (nSPS) is 15.8. The van der Waals surface area contributed by atoms with Gasteiger partial charge in [-0.1, -0.05) is 36.4 Å².